The summed E-state index contributed by atoms with van der Waals surface area (Å²) in [5.41, 5.74) is 4.32. The fraction of sp³-hybridized carbons (Fsp3) is 0.290. The van der Waals surface area contributed by atoms with Crippen molar-refractivity contribution in [2.24, 2.45) is 0 Å². The molecule has 0 bridgehead atoms. The molecule has 4 aromatic rings. The van der Waals surface area contributed by atoms with E-state index in [1.54, 1.807) is 12.0 Å². The molecule has 6 nitrogen and oxygen atoms in total. The van der Waals surface area contributed by atoms with Gasteiger partial charge in [-0.05, 0) is 66.8 Å². The summed E-state index contributed by atoms with van der Waals surface area (Å²) in [5.74, 6) is 0.393. The number of amides is 2. The summed E-state index contributed by atoms with van der Waals surface area (Å²) in [7, 11) is 1.61. The minimum Gasteiger partial charge on any atom is -0.497 e. The first-order chi connectivity index (χ1) is 18.0. The van der Waals surface area contributed by atoms with Gasteiger partial charge in [-0.25, -0.2) is 0 Å². The molecular formula is C31H33N3O3. The Hall–Kier alpha value is -4.06. The number of carbonyl (C=O) groups is 2. The number of rotatable bonds is 8. The van der Waals surface area contributed by atoms with Gasteiger partial charge < -0.3 is 15.0 Å². The average Bonchev–Trinajstić information content (AvgIpc) is 3.58. The fourth-order valence-corrected chi connectivity index (χ4v) is 5.35. The molecule has 5 rings (SSSR count). The molecule has 1 saturated carbocycles. The lowest BCUT2D eigenvalue weighted by Gasteiger charge is -2.33. The van der Waals surface area contributed by atoms with Crippen molar-refractivity contribution in [3.63, 3.8) is 0 Å². The van der Waals surface area contributed by atoms with Crippen LogP contribution in [-0.4, -0.2) is 29.9 Å². The van der Waals surface area contributed by atoms with Crippen molar-refractivity contribution in [3.05, 3.63) is 95.7 Å². The van der Waals surface area contributed by atoms with Crippen LogP contribution in [0.1, 0.15) is 48.4 Å². The summed E-state index contributed by atoms with van der Waals surface area (Å²) in [6, 6.07) is 22.4. The van der Waals surface area contributed by atoms with Crippen molar-refractivity contribution >= 4 is 28.4 Å². The Morgan fingerprint density at radius 1 is 1.00 bits per heavy atom. The molecule has 37 heavy (non-hydrogen) atoms. The summed E-state index contributed by atoms with van der Waals surface area (Å²) in [6.07, 6.45) is 6.21. The fourth-order valence-electron chi connectivity index (χ4n) is 5.35. The SMILES string of the molecule is COc1ccc(N(C(=O)Cc2c[nH]c3ccccc23)[C@@H](C(=O)NC2CCCC2)c2ccccc2C)cc1. The second-order valence-electron chi connectivity index (χ2n) is 9.75. The van der Waals surface area contributed by atoms with Crippen LogP contribution >= 0.6 is 0 Å². The Morgan fingerprint density at radius 2 is 1.70 bits per heavy atom. The van der Waals surface area contributed by atoms with E-state index in [1.807, 2.05) is 85.9 Å². The van der Waals surface area contributed by atoms with Crippen LogP contribution in [0.5, 0.6) is 5.75 Å². The molecule has 2 amide bonds. The number of benzene rings is 3. The van der Waals surface area contributed by atoms with Crippen molar-refractivity contribution in [3.8, 4) is 5.75 Å². The number of aryl methyl sites for hydroxylation is 1. The number of nitrogens with zero attached hydrogens (tertiary/aromatic N) is 1. The van der Waals surface area contributed by atoms with Gasteiger partial charge in [-0.2, -0.15) is 0 Å². The van der Waals surface area contributed by atoms with Crippen LogP contribution in [0.3, 0.4) is 0 Å². The predicted molar refractivity (Wildman–Crippen MR) is 147 cm³/mol. The molecule has 1 atom stereocenters. The predicted octanol–water partition coefficient (Wildman–Crippen LogP) is 5.86. The van der Waals surface area contributed by atoms with Gasteiger partial charge in [0.2, 0.25) is 11.8 Å². The molecule has 1 heterocycles. The number of fused-ring (bicyclic) bond motifs is 1. The third-order valence-electron chi connectivity index (χ3n) is 7.33. The molecule has 3 aromatic carbocycles. The number of ether oxygens (including phenoxy) is 1. The van der Waals surface area contributed by atoms with Gasteiger partial charge in [0.25, 0.3) is 0 Å². The molecule has 0 saturated heterocycles. The highest BCUT2D eigenvalue weighted by Crippen LogP contribution is 2.33. The van der Waals surface area contributed by atoms with E-state index in [2.05, 4.69) is 10.3 Å². The number of hydrogen-bond acceptors (Lipinski definition) is 3. The van der Waals surface area contributed by atoms with Crippen LogP contribution in [0.4, 0.5) is 5.69 Å². The molecule has 1 aliphatic rings. The number of anilines is 1. The van der Waals surface area contributed by atoms with Crippen LogP contribution in [0.15, 0.2) is 79.0 Å². The highest BCUT2D eigenvalue weighted by Gasteiger charge is 2.35. The minimum atomic E-state index is -0.798. The van der Waals surface area contributed by atoms with Crippen LogP contribution < -0.4 is 15.0 Å². The number of carbonyl (C=O) groups excluding carboxylic acids is 2. The second-order valence-corrected chi connectivity index (χ2v) is 9.75. The molecule has 1 aromatic heterocycles. The maximum atomic E-state index is 14.2. The number of H-pyrrole nitrogens is 1. The third-order valence-corrected chi connectivity index (χ3v) is 7.33. The Balaban J connectivity index is 1.58. The quantitative estimate of drug-likeness (QED) is 0.321. The maximum Gasteiger partial charge on any atom is 0.248 e. The van der Waals surface area contributed by atoms with Gasteiger partial charge in [-0.1, -0.05) is 55.3 Å². The van der Waals surface area contributed by atoms with E-state index in [-0.39, 0.29) is 24.3 Å². The largest absolute Gasteiger partial charge is 0.497 e. The summed E-state index contributed by atoms with van der Waals surface area (Å²) >= 11 is 0. The van der Waals surface area contributed by atoms with Crippen LogP contribution in [0.25, 0.3) is 10.9 Å². The molecule has 0 radical (unpaired) electrons. The third kappa shape index (κ3) is 5.24. The number of aromatic amines is 1. The monoisotopic (exact) mass is 495 g/mol. The molecule has 0 spiro atoms. The van der Waals surface area contributed by atoms with Crippen molar-refractivity contribution in [1.29, 1.82) is 0 Å². The zero-order chi connectivity index (χ0) is 25.8. The van der Waals surface area contributed by atoms with Crippen LogP contribution in [0.2, 0.25) is 0 Å². The molecule has 0 aliphatic heterocycles. The number of para-hydroxylation sites is 1. The normalized spacial score (nSPS) is 14.4. The lowest BCUT2D eigenvalue weighted by atomic mass is 9.97. The van der Waals surface area contributed by atoms with Crippen LogP contribution in [-0.2, 0) is 16.0 Å². The molecule has 0 unspecified atom stereocenters. The summed E-state index contributed by atoms with van der Waals surface area (Å²) in [6.45, 7) is 1.99. The Labute approximate surface area is 217 Å². The minimum absolute atomic E-state index is 0.139. The van der Waals surface area contributed by atoms with E-state index in [0.29, 0.717) is 11.4 Å². The molecule has 190 valence electrons. The molecular weight excluding hydrogens is 462 g/mol. The first-order valence-corrected chi connectivity index (χ1v) is 12.9. The van der Waals surface area contributed by atoms with E-state index < -0.39 is 6.04 Å². The number of methoxy groups -OCH3 is 1. The Bertz CT molecular complexity index is 1390. The molecule has 1 aliphatic carbocycles. The topological polar surface area (TPSA) is 74.4 Å². The van der Waals surface area contributed by atoms with Gasteiger partial charge in [0, 0.05) is 28.8 Å². The van der Waals surface area contributed by atoms with E-state index in [9.17, 15) is 9.59 Å². The average molecular weight is 496 g/mol. The van der Waals surface area contributed by atoms with Crippen molar-refractivity contribution in [1.82, 2.24) is 10.3 Å². The van der Waals surface area contributed by atoms with Gasteiger partial charge in [-0.3, -0.25) is 14.5 Å². The Morgan fingerprint density at radius 3 is 2.43 bits per heavy atom. The van der Waals surface area contributed by atoms with Gasteiger partial charge in [0.05, 0.1) is 13.5 Å². The van der Waals surface area contributed by atoms with Crippen molar-refractivity contribution in [2.45, 2.75) is 51.1 Å². The van der Waals surface area contributed by atoms with Gasteiger partial charge >= 0.3 is 0 Å². The summed E-state index contributed by atoms with van der Waals surface area (Å²) in [4.78, 5) is 33.1. The number of aromatic nitrogens is 1. The van der Waals surface area contributed by atoms with E-state index >= 15 is 0 Å². The van der Waals surface area contributed by atoms with Crippen molar-refractivity contribution < 1.29 is 14.3 Å². The standard InChI is InChI=1S/C31H33N3O3/c1-21-9-3-6-12-26(21)30(31(36)33-23-10-4-5-11-23)34(24-15-17-25(37-2)18-16-24)29(35)19-22-20-32-28-14-8-7-13-27(22)28/h3,6-9,12-18,20,23,30,32H,4-5,10-11,19H2,1-2H3,(H,33,36)/t30-/m1/s1. The number of hydrogen-bond donors (Lipinski definition) is 2. The van der Waals surface area contributed by atoms with Gasteiger partial charge in [0.1, 0.15) is 11.8 Å². The van der Waals surface area contributed by atoms with Gasteiger partial charge in [0.15, 0.2) is 0 Å². The highest BCUT2D eigenvalue weighted by molar-refractivity contribution is 6.03. The van der Waals surface area contributed by atoms with E-state index in [0.717, 1.165) is 53.3 Å². The number of nitrogens with one attached hydrogen (secondary N) is 2. The lowest BCUT2D eigenvalue weighted by Crippen LogP contribution is -2.47. The Kier molecular flexibility index (Phi) is 7.26. The maximum absolute atomic E-state index is 14.2. The van der Waals surface area contributed by atoms with E-state index in [1.165, 1.54) is 0 Å². The zero-order valence-corrected chi connectivity index (χ0v) is 21.4. The van der Waals surface area contributed by atoms with Crippen molar-refractivity contribution in [2.75, 3.05) is 12.0 Å². The van der Waals surface area contributed by atoms with E-state index in [4.69, 9.17) is 4.74 Å². The van der Waals surface area contributed by atoms with Crippen LogP contribution in [0, 0.1) is 6.92 Å². The smallest absolute Gasteiger partial charge is 0.248 e. The van der Waals surface area contributed by atoms with Gasteiger partial charge in [-0.15, -0.1) is 0 Å². The lowest BCUT2D eigenvalue weighted by molar-refractivity contribution is -0.127. The summed E-state index contributed by atoms with van der Waals surface area (Å²) in [5, 5.41) is 4.26. The molecule has 6 heteroatoms. The zero-order valence-electron chi connectivity index (χ0n) is 21.4. The second kappa shape index (κ2) is 10.9. The first-order valence-electron chi connectivity index (χ1n) is 12.9. The molecule has 2 N–H and O–H groups in total. The highest BCUT2D eigenvalue weighted by atomic mass is 16.5. The first kappa shape index (κ1) is 24.6. The summed E-state index contributed by atoms with van der Waals surface area (Å²) < 4.78 is 5.36. The molecule has 1 fully saturated rings.